The van der Waals surface area contributed by atoms with Gasteiger partial charge in [-0.3, -0.25) is 9.78 Å². The average Bonchev–Trinajstić information content (AvgIpc) is 2.48. The third-order valence-electron chi connectivity index (χ3n) is 3.18. The number of nitrogens with two attached hydrogens (primary N) is 1. The van der Waals surface area contributed by atoms with E-state index in [2.05, 4.69) is 9.97 Å². The van der Waals surface area contributed by atoms with E-state index in [-0.39, 0.29) is 17.1 Å². The maximum absolute atomic E-state index is 12.5. The monoisotopic (exact) mass is 290 g/mol. The number of rotatable bonds is 3. The molecule has 1 amide bonds. The van der Waals surface area contributed by atoms with E-state index in [1.54, 1.807) is 24.3 Å². The van der Waals surface area contributed by atoms with Gasteiger partial charge in [-0.25, -0.2) is 4.98 Å². The summed E-state index contributed by atoms with van der Waals surface area (Å²) < 4.78 is 0. The molecule has 0 aromatic carbocycles. The lowest BCUT2D eigenvalue weighted by Crippen LogP contribution is -2.30. The molecule has 0 aliphatic rings. The van der Waals surface area contributed by atoms with Crippen LogP contribution in [0.1, 0.15) is 28.9 Å². The van der Waals surface area contributed by atoms with Gasteiger partial charge >= 0.3 is 0 Å². The molecule has 2 aromatic heterocycles. The van der Waals surface area contributed by atoms with Crippen LogP contribution in [0, 0.1) is 0 Å². The molecule has 20 heavy (non-hydrogen) atoms. The van der Waals surface area contributed by atoms with Crippen LogP contribution in [-0.2, 0) is 0 Å². The van der Waals surface area contributed by atoms with Crippen molar-refractivity contribution in [2.45, 2.75) is 13.0 Å². The molecule has 1 atom stereocenters. The van der Waals surface area contributed by atoms with Gasteiger partial charge in [0.05, 0.1) is 23.5 Å². The van der Waals surface area contributed by atoms with Crippen molar-refractivity contribution in [2.75, 3.05) is 12.8 Å². The Balaban J connectivity index is 2.27. The van der Waals surface area contributed by atoms with E-state index in [9.17, 15) is 4.79 Å². The van der Waals surface area contributed by atoms with Crippen molar-refractivity contribution < 1.29 is 4.79 Å². The SMILES string of the molecule is CC(c1ccncc1)N(C)C(=O)c1cc(N)cnc1Cl. The van der Waals surface area contributed by atoms with Crippen molar-refractivity contribution in [3.63, 3.8) is 0 Å². The summed E-state index contributed by atoms with van der Waals surface area (Å²) in [5.74, 6) is -0.223. The second kappa shape index (κ2) is 5.88. The lowest BCUT2D eigenvalue weighted by Gasteiger charge is -2.25. The van der Waals surface area contributed by atoms with Gasteiger partial charge in [0.25, 0.3) is 5.91 Å². The predicted octanol–water partition coefficient (Wildman–Crippen LogP) is 2.55. The highest BCUT2D eigenvalue weighted by atomic mass is 35.5. The number of aromatic nitrogens is 2. The van der Waals surface area contributed by atoms with Gasteiger partial charge in [-0.2, -0.15) is 0 Å². The third-order valence-corrected chi connectivity index (χ3v) is 3.48. The number of halogens is 1. The first-order chi connectivity index (χ1) is 9.50. The van der Waals surface area contributed by atoms with Crippen LogP contribution in [0.2, 0.25) is 5.15 Å². The molecule has 2 N–H and O–H groups in total. The van der Waals surface area contributed by atoms with E-state index in [1.165, 1.54) is 12.3 Å². The van der Waals surface area contributed by atoms with Gasteiger partial charge in [0.2, 0.25) is 0 Å². The Kier molecular flexibility index (Phi) is 4.20. The average molecular weight is 291 g/mol. The molecule has 2 aromatic rings. The minimum Gasteiger partial charge on any atom is -0.397 e. The summed E-state index contributed by atoms with van der Waals surface area (Å²) in [7, 11) is 1.72. The number of hydrogen-bond donors (Lipinski definition) is 1. The largest absolute Gasteiger partial charge is 0.397 e. The Morgan fingerprint density at radius 2 is 2.05 bits per heavy atom. The van der Waals surface area contributed by atoms with E-state index in [0.717, 1.165) is 5.56 Å². The number of nitrogen functional groups attached to an aromatic ring is 1. The van der Waals surface area contributed by atoms with Crippen LogP contribution in [0.25, 0.3) is 0 Å². The Morgan fingerprint density at radius 1 is 1.40 bits per heavy atom. The Morgan fingerprint density at radius 3 is 2.70 bits per heavy atom. The zero-order valence-electron chi connectivity index (χ0n) is 11.2. The van der Waals surface area contributed by atoms with Gasteiger partial charge in [-0.1, -0.05) is 11.6 Å². The van der Waals surface area contributed by atoms with Gasteiger partial charge in [-0.05, 0) is 30.7 Å². The van der Waals surface area contributed by atoms with Crippen LogP contribution >= 0.6 is 11.6 Å². The van der Waals surface area contributed by atoms with E-state index < -0.39 is 0 Å². The van der Waals surface area contributed by atoms with Crippen LogP contribution in [0.5, 0.6) is 0 Å². The summed E-state index contributed by atoms with van der Waals surface area (Å²) in [5.41, 5.74) is 7.35. The number of hydrogen-bond acceptors (Lipinski definition) is 4. The lowest BCUT2D eigenvalue weighted by molar-refractivity contribution is 0.0742. The third kappa shape index (κ3) is 2.88. The summed E-state index contributed by atoms with van der Waals surface area (Å²) in [6.07, 6.45) is 4.81. The second-order valence-corrected chi connectivity index (χ2v) is 4.84. The summed E-state index contributed by atoms with van der Waals surface area (Å²) in [6, 6.07) is 5.16. The molecular formula is C14H15ClN4O. The Hall–Kier alpha value is -2.14. The van der Waals surface area contributed by atoms with Crippen LogP contribution in [0.4, 0.5) is 5.69 Å². The smallest absolute Gasteiger partial charge is 0.257 e. The lowest BCUT2D eigenvalue weighted by atomic mass is 10.1. The molecular weight excluding hydrogens is 276 g/mol. The quantitative estimate of drug-likeness (QED) is 0.882. The van der Waals surface area contributed by atoms with Crippen molar-refractivity contribution in [1.29, 1.82) is 0 Å². The summed E-state index contributed by atoms with van der Waals surface area (Å²) in [5, 5.41) is 0.151. The molecule has 0 fully saturated rings. The first-order valence-corrected chi connectivity index (χ1v) is 6.46. The molecule has 0 bridgehead atoms. The highest BCUT2D eigenvalue weighted by Gasteiger charge is 2.21. The first kappa shape index (κ1) is 14.3. The van der Waals surface area contributed by atoms with Crippen molar-refractivity contribution in [3.8, 4) is 0 Å². The van der Waals surface area contributed by atoms with Crippen molar-refractivity contribution in [1.82, 2.24) is 14.9 Å². The Labute approximate surface area is 122 Å². The van der Waals surface area contributed by atoms with Crippen LogP contribution in [0.3, 0.4) is 0 Å². The molecule has 0 aliphatic heterocycles. The fraction of sp³-hybridized carbons (Fsp3) is 0.214. The number of amides is 1. The van der Waals surface area contributed by atoms with Gasteiger partial charge < -0.3 is 10.6 Å². The fourth-order valence-electron chi connectivity index (χ4n) is 1.85. The summed E-state index contributed by atoms with van der Waals surface area (Å²) >= 11 is 5.96. The zero-order valence-corrected chi connectivity index (χ0v) is 12.0. The molecule has 2 heterocycles. The maximum Gasteiger partial charge on any atom is 0.257 e. The second-order valence-electron chi connectivity index (χ2n) is 4.48. The molecule has 2 rings (SSSR count). The summed E-state index contributed by atoms with van der Waals surface area (Å²) in [4.78, 5) is 21.9. The summed E-state index contributed by atoms with van der Waals surface area (Å²) in [6.45, 7) is 1.93. The molecule has 0 spiro atoms. The van der Waals surface area contributed by atoms with E-state index in [1.807, 2.05) is 19.1 Å². The highest BCUT2D eigenvalue weighted by Crippen LogP contribution is 2.23. The minimum atomic E-state index is -0.223. The minimum absolute atomic E-state index is 0.108. The van der Waals surface area contributed by atoms with Crippen molar-refractivity contribution in [2.24, 2.45) is 0 Å². The van der Waals surface area contributed by atoms with Crippen LogP contribution < -0.4 is 5.73 Å². The van der Waals surface area contributed by atoms with Gasteiger partial charge in [-0.15, -0.1) is 0 Å². The fourth-order valence-corrected chi connectivity index (χ4v) is 2.03. The van der Waals surface area contributed by atoms with Crippen molar-refractivity contribution >= 4 is 23.2 Å². The number of pyridine rings is 2. The van der Waals surface area contributed by atoms with Gasteiger partial charge in [0, 0.05) is 19.4 Å². The molecule has 104 valence electrons. The van der Waals surface area contributed by atoms with E-state index >= 15 is 0 Å². The number of carbonyl (C=O) groups is 1. The first-order valence-electron chi connectivity index (χ1n) is 6.09. The van der Waals surface area contributed by atoms with Crippen LogP contribution in [-0.4, -0.2) is 27.8 Å². The number of nitrogens with zero attached hydrogens (tertiary/aromatic N) is 3. The molecule has 0 aliphatic carbocycles. The Bertz CT molecular complexity index is 618. The molecule has 1 unspecified atom stereocenters. The normalized spacial score (nSPS) is 11.9. The predicted molar refractivity (Wildman–Crippen MR) is 78.4 cm³/mol. The number of carbonyl (C=O) groups excluding carboxylic acids is 1. The molecule has 0 radical (unpaired) electrons. The molecule has 0 saturated heterocycles. The maximum atomic E-state index is 12.5. The van der Waals surface area contributed by atoms with E-state index in [4.69, 9.17) is 17.3 Å². The topological polar surface area (TPSA) is 72.1 Å². The molecule has 6 heteroatoms. The highest BCUT2D eigenvalue weighted by molar-refractivity contribution is 6.32. The number of anilines is 1. The van der Waals surface area contributed by atoms with E-state index in [0.29, 0.717) is 11.3 Å². The molecule has 5 nitrogen and oxygen atoms in total. The van der Waals surface area contributed by atoms with Gasteiger partial charge in [0.1, 0.15) is 5.15 Å². The molecule has 0 saturated carbocycles. The van der Waals surface area contributed by atoms with Gasteiger partial charge in [0.15, 0.2) is 0 Å². The zero-order chi connectivity index (χ0) is 14.7. The van der Waals surface area contributed by atoms with Crippen molar-refractivity contribution in [3.05, 3.63) is 53.1 Å². The van der Waals surface area contributed by atoms with Crippen LogP contribution in [0.15, 0.2) is 36.8 Å². The standard InChI is InChI=1S/C14H15ClN4O/c1-9(10-3-5-17-6-4-10)19(2)14(20)12-7-11(16)8-18-13(12)15/h3-9H,16H2,1-2H3.